The Labute approximate surface area is 142 Å². The summed E-state index contributed by atoms with van der Waals surface area (Å²) in [5.74, 6) is 1.64. The molecule has 2 fully saturated rings. The predicted octanol–water partition coefficient (Wildman–Crippen LogP) is 2.52. The van der Waals surface area contributed by atoms with Gasteiger partial charge in [-0.1, -0.05) is 18.9 Å². The number of fused-ring (bicyclic) bond motifs is 1. The molecule has 2 aliphatic heterocycles. The van der Waals surface area contributed by atoms with Gasteiger partial charge in [0.15, 0.2) is 11.5 Å². The molecule has 0 bridgehead atoms. The molecule has 1 spiro atoms. The normalized spacial score (nSPS) is 22.6. The Bertz CT molecular complexity index is 665. The summed E-state index contributed by atoms with van der Waals surface area (Å²) in [6.07, 6.45) is 8.29. The van der Waals surface area contributed by atoms with Gasteiger partial charge in [-0.25, -0.2) is 0 Å². The highest BCUT2D eigenvalue weighted by atomic mass is 16.7. The van der Waals surface area contributed by atoms with Crippen LogP contribution >= 0.6 is 0 Å². The summed E-state index contributed by atoms with van der Waals surface area (Å²) in [6, 6.07) is 5.76. The number of piperazine rings is 1. The first-order valence-electron chi connectivity index (χ1n) is 8.74. The van der Waals surface area contributed by atoms with Crippen molar-refractivity contribution in [2.75, 3.05) is 33.5 Å². The minimum absolute atomic E-state index is 0.0449. The van der Waals surface area contributed by atoms with Gasteiger partial charge in [0, 0.05) is 25.7 Å². The van der Waals surface area contributed by atoms with Crippen LogP contribution in [0.3, 0.4) is 0 Å². The number of benzene rings is 1. The van der Waals surface area contributed by atoms with E-state index < -0.39 is 0 Å². The number of amides is 1. The van der Waals surface area contributed by atoms with Crippen molar-refractivity contribution in [1.29, 1.82) is 0 Å². The van der Waals surface area contributed by atoms with E-state index >= 15 is 0 Å². The van der Waals surface area contributed by atoms with Gasteiger partial charge in [-0.15, -0.1) is 0 Å². The van der Waals surface area contributed by atoms with Crippen LogP contribution in [0.15, 0.2) is 24.3 Å². The fourth-order valence-corrected chi connectivity index (χ4v) is 4.25. The third-order valence-electron chi connectivity index (χ3n) is 5.46. The van der Waals surface area contributed by atoms with Crippen LogP contribution in [0.4, 0.5) is 0 Å². The van der Waals surface area contributed by atoms with Crippen LogP contribution in [0, 0.1) is 0 Å². The van der Waals surface area contributed by atoms with Gasteiger partial charge in [0.1, 0.15) is 0 Å². The molecule has 1 aromatic carbocycles. The largest absolute Gasteiger partial charge is 0.454 e. The first-order valence-corrected chi connectivity index (χ1v) is 8.74. The first kappa shape index (κ1) is 15.5. The molecule has 0 aromatic heterocycles. The average molecular weight is 328 g/mol. The van der Waals surface area contributed by atoms with Gasteiger partial charge in [-0.05, 0) is 43.7 Å². The molecule has 128 valence electrons. The zero-order valence-corrected chi connectivity index (χ0v) is 14.2. The van der Waals surface area contributed by atoms with E-state index in [4.69, 9.17) is 9.47 Å². The summed E-state index contributed by atoms with van der Waals surface area (Å²) in [4.78, 5) is 17.3. The molecule has 2 heterocycles. The third kappa shape index (κ3) is 2.77. The number of likely N-dealkylation sites (N-methyl/N-ethyl adjacent to an activating group) is 1. The van der Waals surface area contributed by atoms with Crippen LogP contribution in [0.25, 0.3) is 6.08 Å². The number of nitrogens with zero attached hydrogens (tertiary/aromatic N) is 2. The summed E-state index contributed by atoms with van der Waals surface area (Å²) in [6.45, 7) is 3.04. The monoisotopic (exact) mass is 328 g/mol. The lowest BCUT2D eigenvalue weighted by Crippen LogP contribution is -2.61. The van der Waals surface area contributed by atoms with Gasteiger partial charge >= 0.3 is 0 Å². The maximum absolute atomic E-state index is 12.8. The first-order chi connectivity index (χ1) is 11.7. The molecule has 1 saturated heterocycles. The number of hydrogen-bond donors (Lipinski definition) is 0. The Morgan fingerprint density at radius 2 is 1.96 bits per heavy atom. The smallest absolute Gasteiger partial charge is 0.247 e. The standard InChI is InChI=1S/C19H24N2O3/c1-20-10-11-21(19(13-20)8-2-3-9-19)18(22)7-5-15-4-6-16-17(12-15)24-14-23-16/h4-7,12H,2-3,8-11,13-14H2,1H3/b7-5+. The van der Waals surface area contributed by atoms with E-state index in [0.717, 1.165) is 49.5 Å². The molecule has 3 aliphatic rings. The van der Waals surface area contributed by atoms with Crippen molar-refractivity contribution in [3.8, 4) is 11.5 Å². The van der Waals surface area contributed by atoms with Crippen molar-refractivity contribution in [1.82, 2.24) is 9.80 Å². The van der Waals surface area contributed by atoms with E-state index in [1.54, 1.807) is 6.08 Å². The van der Waals surface area contributed by atoms with Crippen LogP contribution in [-0.2, 0) is 4.79 Å². The highest BCUT2D eigenvalue weighted by Crippen LogP contribution is 2.38. The Morgan fingerprint density at radius 3 is 2.79 bits per heavy atom. The Hall–Kier alpha value is -2.01. The van der Waals surface area contributed by atoms with Crippen LogP contribution < -0.4 is 9.47 Å². The maximum Gasteiger partial charge on any atom is 0.247 e. The van der Waals surface area contributed by atoms with Gasteiger partial charge in [0.25, 0.3) is 0 Å². The molecule has 1 aliphatic carbocycles. The maximum atomic E-state index is 12.8. The molecule has 0 N–H and O–H groups in total. The van der Waals surface area contributed by atoms with Crippen molar-refractivity contribution < 1.29 is 14.3 Å². The second-order valence-corrected chi connectivity index (χ2v) is 7.11. The van der Waals surface area contributed by atoms with E-state index in [-0.39, 0.29) is 18.2 Å². The number of rotatable bonds is 2. The van der Waals surface area contributed by atoms with Crippen molar-refractivity contribution in [2.24, 2.45) is 0 Å². The molecule has 1 aromatic rings. The molecule has 1 saturated carbocycles. The zero-order chi connectivity index (χ0) is 16.6. The lowest BCUT2D eigenvalue weighted by molar-refractivity contribution is -0.136. The minimum atomic E-state index is 0.0449. The molecule has 1 amide bonds. The Balaban J connectivity index is 1.50. The third-order valence-corrected chi connectivity index (χ3v) is 5.46. The predicted molar refractivity (Wildman–Crippen MR) is 92.0 cm³/mol. The number of ether oxygens (including phenoxy) is 2. The Morgan fingerprint density at radius 1 is 1.17 bits per heavy atom. The molecule has 0 radical (unpaired) electrons. The molecule has 5 heteroatoms. The molecule has 0 atom stereocenters. The number of carbonyl (C=O) groups excluding carboxylic acids is 1. The quantitative estimate of drug-likeness (QED) is 0.783. The highest BCUT2D eigenvalue weighted by Gasteiger charge is 2.44. The summed E-state index contributed by atoms with van der Waals surface area (Å²) in [5, 5.41) is 0. The van der Waals surface area contributed by atoms with Gasteiger partial charge in [0.05, 0.1) is 5.54 Å². The molecule has 24 heavy (non-hydrogen) atoms. The molecule has 0 unspecified atom stereocenters. The summed E-state index contributed by atoms with van der Waals surface area (Å²) in [5.41, 5.74) is 1.01. The SMILES string of the molecule is CN1CCN(C(=O)/C=C/c2ccc3c(c2)OCO3)C2(CCCC2)C1. The van der Waals surface area contributed by atoms with Crippen molar-refractivity contribution in [3.63, 3.8) is 0 Å². The number of hydrogen-bond acceptors (Lipinski definition) is 4. The lowest BCUT2D eigenvalue weighted by atomic mass is 9.91. The van der Waals surface area contributed by atoms with Crippen molar-refractivity contribution in [3.05, 3.63) is 29.8 Å². The highest BCUT2D eigenvalue weighted by molar-refractivity contribution is 5.92. The molecule has 4 rings (SSSR count). The van der Waals surface area contributed by atoms with Gasteiger partial charge < -0.3 is 19.3 Å². The summed E-state index contributed by atoms with van der Waals surface area (Å²) < 4.78 is 10.7. The van der Waals surface area contributed by atoms with E-state index in [0.29, 0.717) is 0 Å². The molecule has 5 nitrogen and oxygen atoms in total. The molecular weight excluding hydrogens is 304 g/mol. The average Bonchev–Trinajstić information content (AvgIpc) is 3.22. The Kier molecular flexibility index (Phi) is 3.96. The number of carbonyl (C=O) groups is 1. The van der Waals surface area contributed by atoms with Gasteiger partial charge in [-0.3, -0.25) is 4.79 Å². The van der Waals surface area contributed by atoms with E-state index in [2.05, 4.69) is 16.8 Å². The van der Waals surface area contributed by atoms with E-state index in [1.807, 2.05) is 24.3 Å². The second kappa shape index (κ2) is 6.13. The lowest BCUT2D eigenvalue weighted by Gasteiger charge is -2.48. The van der Waals surface area contributed by atoms with Crippen molar-refractivity contribution >= 4 is 12.0 Å². The van der Waals surface area contributed by atoms with E-state index in [9.17, 15) is 4.79 Å². The second-order valence-electron chi connectivity index (χ2n) is 7.11. The summed E-state index contributed by atoms with van der Waals surface area (Å²) >= 11 is 0. The van der Waals surface area contributed by atoms with Crippen LogP contribution in [0.5, 0.6) is 11.5 Å². The molecular formula is C19H24N2O3. The zero-order valence-electron chi connectivity index (χ0n) is 14.2. The van der Waals surface area contributed by atoms with Gasteiger partial charge in [-0.2, -0.15) is 0 Å². The van der Waals surface area contributed by atoms with E-state index in [1.165, 1.54) is 12.8 Å². The topological polar surface area (TPSA) is 42.0 Å². The summed E-state index contributed by atoms with van der Waals surface area (Å²) in [7, 11) is 2.16. The van der Waals surface area contributed by atoms with Gasteiger partial charge in [0.2, 0.25) is 12.7 Å². The fourth-order valence-electron chi connectivity index (χ4n) is 4.25. The minimum Gasteiger partial charge on any atom is -0.454 e. The van der Waals surface area contributed by atoms with Crippen LogP contribution in [0.2, 0.25) is 0 Å². The van der Waals surface area contributed by atoms with Crippen LogP contribution in [0.1, 0.15) is 31.2 Å². The van der Waals surface area contributed by atoms with Crippen molar-refractivity contribution in [2.45, 2.75) is 31.2 Å². The fraction of sp³-hybridized carbons (Fsp3) is 0.526. The van der Waals surface area contributed by atoms with Crippen LogP contribution in [-0.4, -0.2) is 54.7 Å².